The molecular weight excluding hydrogens is 178 g/mol. The first-order valence-electron chi connectivity index (χ1n) is 4.25. The van der Waals surface area contributed by atoms with Crippen molar-refractivity contribution in [3.05, 3.63) is 0 Å². The van der Waals surface area contributed by atoms with Crippen LogP contribution in [0.25, 0.3) is 0 Å². The Morgan fingerprint density at radius 2 is 1.85 bits per heavy atom. The molecule has 0 aliphatic carbocycles. The topological polar surface area (TPSA) is 41.1 Å². The summed E-state index contributed by atoms with van der Waals surface area (Å²) >= 11 is 0. The van der Waals surface area contributed by atoms with E-state index in [2.05, 4.69) is 10.6 Å². The molecule has 13 heavy (non-hydrogen) atoms. The summed E-state index contributed by atoms with van der Waals surface area (Å²) < 4.78 is 23.5. The first kappa shape index (κ1) is 12.3. The normalized spacial score (nSPS) is 13.5. The van der Waals surface area contributed by atoms with E-state index in [1.165, 1.54) is 0 Å². The van der Waals surface area contributed by atoms with Gasteiger partial charge in [-0.3, -0.25) is 4.79 Å². The van der Waals surface area contributed by atoms with Crippen LogP contribution in [0, 0.1) is 0 Å². The first-order chi connectivity index (χ1) is 5.93. The predicted octanol–water partition coefficient (Wildman–Crippen LogP) is 0.754. The van der Waals surface area contributed by atoms with Gasteiger partial charge < -0.3 is 10.6 Å². The summed E-state index contributed by atoms with van der Waals surface area (Å²) in [5.74, 6) is -0.254. The smallest absolute Gasteiger partial charge is 0.250 e. The van der Waals surface area contributed by atoms with E-state index in [-0.39, 0.29) is 11.9 Å². The molecule has 0 radical (unpaired) electrons. The summed E-state index contributed by atoms with van der Waals surface area (Å²) in [6.45, 7) is 4.74. The fourth-order valence-electron chi connectivity index (χ4n) is 0.768. The second-order valence-corrected chi connectivity index (χ2v) is 3.18. The molecule has 0 aromatic carbocycles. The van der Waals surface area contributed by atoms with Crippen molar-refractivity contribution in [3.63, 3.8) is 0 Å². The highest BCUT2D eigenvalue weighted by atomic mass is 19.3. The summed E-state index contributed by atoms with van der Waals surface area (Å²) in [4.78, 5) is 11.1. The molecule has 0 aromatic heterocycles. The third-order valence-corrected chi connectivity index (χ3v) is 1.40. The summed E-state index contributed by atoms with van der Waals surface area (Å²) in [5, 5.41) is 5.05. The van der Waals surface area contributed by atoms with Crippen molar-refractivity contribution in [2.24, 2.45) is 0 Å². The number of halogens is 2. The van der Waals surface area contributed by atoms with Gasteiger partial charge in [-0.1, -0.05) is 0 Å². The Hall–Kier alpha value is -0.710. The highest BCUT2D eigenvalue weighted by Crippen LogP contribution is 1.91. The molecule has 0 heterocycles. The number of amides is 1. The van der Waals surface area contributed by atoms with Gasteiger partial charge in [0.1, 0.15) is 0 Å². The third kappa shape index (κ3) is 6.45. The zero-order valence-corrected chi connectivity index (χ0v) is 8.10. The van der Waals surface area contributed by atoms with Crippen LogP contribution in [0.15, 0.2) is 0 Å². The molecule has 0 fully saturated rings. The SMILES string of the molecule is CC(C)NC(=O)C(C)NCC(F)F. The summed E-state index contributed by atoms with van der Waals surface area (Å²) in [5.41, 5.74) is 0. The van der Waals surface area contributed by atoms with Crippen molar-refractivity contribution in [2.45, 2.75) is 39.3 Å². The number of rotatable bonds is 5. The Morgan fingerprint density at radius 3 is 2.23 bits per heavy atom. The second kappa shape index (κ2) is 5.85. The molecular formula is C8H16F2N2O. The van der Waals surface area contributed by atoms with Gasteiger partial charge in [-0.15, -0.1) is 0 Å². The molecule has 78 valence electrons. The molecule has 1 unspecified atom stereocenters. The number of alkyl halides is 2. The van der Waals surface area contributed by atoms with Gasteiger partial charge in [0.25, 0.3) is 6.43 Å². The van der Waals surface area contributed by atoms with Gasteiger partial charge in [0, 0.05) is 6.04 Å². The number of carbonyl (C=O) groups is 1. The average Bonchev–Trinajstić information content (AvgIpc) is 1.98. The molecule has 0 aromatic rings. The first-order valence-corrected chi connectivity index (χ1v) is 4.25. The van der Waals surface area contributed by atoms with Crippen molar-refractivity contribution in [1.82, 2.24) is 10.6 Å². The maximum absolute atomic E-state index is 11.7. The molecule has 0 saturated heterocycles. The lowest BCUT2D eigenvalue weighted by atomic mass is 10.3. The number of nitrogens with one attached hydrogen (secondary N) is 2. The van der Waals surface area contributed by atoms with Crippen molar-refractivity contribution in [1.29, 1.82) is 0 Å². The van der Waals surface area contributed by atoms with Gasteiger partial charge in [0.2, 0.25) is 5.91 Å². The minimum atomic E-state index is -2.42. The summed E-state index contributed by atoms with van der Waals surface area (Å²) in [7, 11) is 0. The van der Waals surface area contributed by atoms with Crippen molar-refractivity contribution in [3.8, 4) is 0 Å². The largest absolute Gasteiger partial charge is 0.353 e. The van der Waals surface area contributed by atoms with E-state index >= 15 is 0 Å². The molecule has 0 bridgehead atoms. The fourth-order valence-corrected chi connectivity index (χ4v) is 0.768. The number of carbonyl (C=O) groups excluding carboxylic acids is 1. The quantitative estimate of drug-likeness (QED) is 0.678. The monoisotopic (exact) mass is 194 g/mol. The second-order valence-electron chi connectivity index (χ2n) is 3.18. The Balaban J connectivity index is 3.69. The lowest BCUT2D eigenvalue weighted by Crippen LogP contribution is -2.45. The van der Waals surface area contributed by atoms with E-state index in [0.29, 0.717) is 0 Å². The van der Waals surface area contributed by atoms with Crippen LogP contribution in [0.3, 0.4) is 0 Å². The van der Waals surface area contributed by atoms with E-state index in [9.17, 15) is 13.6 Å². The molecule has 0 spiro atoms. The molecule has 0 aliphatic heterocycles. The number of hydrogen-bond donors (Lipinski definition) is 2. The zero-order valence-electron chi connectivity index (χ0n) is 8.10. The van der Waals surface area contributed by atoms with E-state index in [1.807, 2.05) is 13.8 Å². The summed E-state index contributed by atoms with van der Waals surface area (Å²) in [6, 6.07) is -0.542. The van der Waals surface area contributed by atoms with Crippen LogP contribution in [0.2, 0.25) is 0 Å². The maximum Gasteiger partial charge on any atom is 0.250 e. The van der Waals surface area contributed by atoms with Crippen molar-refractivity contribution >= 4 is 5.91 Å². The third-order valence-electron chi connectivity index (χ3n) is 1.40. The van der Waals surface area contributed by atoms with Crippen molar-refractivity contribution in [2.75, 3.05) is 6.54 Å². The maximum atomic E-state index is 11.7. The Morgan fingerprint density at radius 1 is 1.31 bits per heavy atom. The Kier molecular flexibility index (Phi) is 5.53. The van der Waals surface area contributed by atoms with Crippen molar-refractivity contribution < 1.29 is 13.6 Å². The van der Waals surface area contributed by atoms with Crippen LogP contribution < -0.4 is 10.6 Å². The molecule has 5 heteroatoms. The molecule has 0 saturated carbocycles. The molecule has 1 amide bonds. The minimum Gasteiger partial charge on any atom is -0.353 e. The molecule has 0 aliphatic rings. The lowest BCUT2D eigenvalue weighted by Gasteiger charge is -2.15. The highest BCUT2D eigenvalue weighted by Gasteiger charge is 2.14. The van der Waals surface area contributed by atoms with E-state index < -0.39 is 19.0 Å². The standard InChI is InChI=1S/C8H16F2N2O/c1-5(2)12-8(13)6(3)11-4-7(9)10/h5-7,11H,4H2,1-3H3,(H,12,13). The van der Waals surface area contributed by atoms with E-state index in [1.54, 1.807) is 6.92 Å². The Bertz CT molecular complexity index is 162. The van der Waals surface area contributed by atoms with Crippen LogP contribution in [0.5, 0.6) is 0 Å². The highest BCUT2D eigenvalue weighted by molar-refractivity contribution is 5.81. The van der Waals surface area contributed by atoms with E-state index in [0.717, 1.165) is 0 Å². The van der Waals surface area contributed by atoms with Crippen LogP contribution in [-0.4, -0.2) is 31.0 Å². The van der Waals surface area contributed by atoms with Gasteiger partial charge in [-0.25, -0.2) is 8.78 Å². The van der Waals surface area contributed by atoms with Crippen LogP contribution >= 0.6 is 0 Å². The molecule has 0 rings (SSSR count). The average molecular weight is 194 g/mol. The van der Waals surface area contributed by atoms with Gasteiger partial charge in [0.15, 0.2) is 0 Å². The molecule has 2 N–H and O–H groups in total. The van der Waals surface area contributed by atoms with Gasteiger partial charge in [0.05, 0.1) is 12.6 Å². The van der Waals surface area contributed by atoms with Crippen LogP contribution in [-0.2, 0) is 4.79 Å². The zero-order chi connectivity index (χ0) is 10.4. The predicted molar refractivity (Wildman–Crippen MR) is 46.7 cm³/mol. The molecule has 1 atom stereocenters. The molecule has 3 nitrogen and oxygen atoms in total. The minimum absolute atomic E-state index is 0.0308. The lowest BCUT2D eigenvalue weighted by molar-refractivity contribution is -0.123. The van der Waals surface area contributed by atoms with Gasteiger partial charge in [-0.05, 0) is 20.8 Å². The summed E-state index contributed by atoms with van der Waals surface area (Å²) in [6.07, 6.45) is -2.42. The number of hydrogen-bond acceptors (Lipinski definition) is 2. The Labute approximate surface area is 76.9 Å². The fraction of sp³-hybridized carbons (Fsp3) is 0.875. The van der Waals surface area contributed by atoms with Crippen LogP contribution in [0.4, 0.5) is 8.78 Å². The van der Waals surface area contributed by atoms with Gasteiger partial charge in [-0.2, -0.15) is 0 Å². The van der Waals surface area contributed by atoms with E-state index in [4.69, 9.17) is 0 Å². The van der Waals surface area contributed by atoms with Crippen LogP contribution in [0.1, 0.15) is 20.8 Å². The van der Waals surface area contributed by atoms with Gasteiger partial charge >= 0.3 is 0 Å².